The van der Waals surface area contributed by atoms with Crippen molar-refractivity contribution < 1.29 is 14.0 Å². The number of nitrogens with one attached hydrogen (secondary N) is 1. The summed E-state index contributed by atoms with van der Waals surface area (Å²) in [6, 6.07) is 5.39. The van der Waals surface area contributed by atoms with Crippen LogP contribution in [0.4, 0.5) is 10.1 Å². The van der Waals surface area contributed by atoms with Crippen LogP contribution in [0, 0.1) is 19.7 Å². The Morgan fingerprint density at radius 1 is 1.29 bits per heavy atom. The van der Waals surface area contributed by atoms with E-state index in [1.54, 1.807) is 11.0 Å². The number of carbonyl (C=O) groups excluding carboxylic acids is 2. The van der Waals surface area contributed by atoms with Gasteiger partial charge in [-0.2, -0.15) is 5.10 Å². The molecule has 0 aliphatic carbocycles. The lowest BCUT2D eigenvalue weighted by atomic mass is 10.1. The molecule has 28 heavy (non-hydrogen) atoms. The lowest BCUT2D eigenvalue weighted by Crippen LogP contribution is -2.60. The topological polar surface area (TPSA) is 101 Å². The highest BCUT2D eigenvalue weighted by molar-refractivity contribution is 7.21. The lowest BCUT2D eigenvalue weighted by Gasteiger charge is -2.39. The van der Waals surface area contributed by atoms with Gasteiger partial charge in [0.15, 0.2) is 0 Å². The molecular formula is C19H18FN5O2S. The molecule has 0 unspecified atom stereocenters. The van der Waals surface area contributed by atoms with Crippen molar-refractivity contribution in [2.45, 2.75) is 19.9 Å². The predicted octanol–water partition coefficient (Wildman–Crippen LogP) is 2.28. The highest BCUT2D eigenvalue weighted by atomic mass is 32.1. The number of aryl methyl sites for hydroxylation is 2. The second kappa shape index (κ2) is 6.83. The van der Waals surface area contributed by atoms with E-state index in [1.807, 2.05) is 13.8 Å². The maximum Gasteiger partial charge on any atom is 0.263 e. The molecule has 4 rings (SSSR count). The molecule has 1 aromatic carbocycles. The second-order valence-electron chi connectivity index (χ2n) is 6.83. The molecular weight excluding hydrogens is 381 g/mol. The van der Waals surface area contributed by atoms with Crippen molar-refractivity contribution in [1.29, 1.82) is 0 Å². The number of benzene rings is 1. The zero-order valence-corrected chi connectivity index (χ0v) is 16.1. The van der Waals surface area contributed by atoms with Crippen LogP contribution in [0.15, 0.2) is 24.3 Å². The average molecular weight is 399 g/mol. The third-order valence-electron chi connectivity index (χ3n) is 4.92. The molecule has 1 saturated heterocycles. The molecule has 0 spiro atoms. The van der Waals surface area contributed by atoms with Crippen LogP contribution in [0.1, 0.15) is 31.3 Å². The van der Waals surface area contributed by atoms with Crippen LogP contribution >= 0.6 is 11.3 Å². The second-order valence-corrected chi connectivity index (χ2v) is 7.83. The van der Waals surface area contributed by atoms with Gasteiger partial charge in [0, 0.05) is 24.0 Å². The van der Waals surface area contributed by atoms with Gasteiger partial charge in [0.05, 0.1) is 17.4 Å². The Balaban J connectivity index is 1.43. The Morgan fingerprint density at radius 3 is 2.75 bits per heavy atom. The molecule has 7 nitrogen and oxygen atoms in total. The number of halogens is 1. The first-order valence-electron chi connectivity index (χ1n) is 8.72. The Kier molecular flexibility index (Phi) is 4.46. The number of fused-ring (bicyclic) bond motifs is 1. The summed E-state index contributed by atoms with van der Waals surface area (Å²) in [6.07, 6.45) is 0. The van der Waals surface area contributed by atoms with Gasteiger partial charge >= 0.3 is 0 Å². The van der Waals surface area contributed by atoms with Gasteiger partial charge in [0.25, 0.3) is 11.8 Å². The van der Waals surface area contributed by atoms with Gasteiger partial charge in [-0.1, -0.05) is 6.07 Å². The Bertz CT molecular complexity index is 1110. The van der Waals surface area contributed by atoms with E-state index >= 15 is 0 Å². The maximum absolute atomic E-state index is 13.3. The number of thiophene rings is 1. The summed E-state index contributed by atoms with van der Waals surface area (Å²) in [5.74, 6) is -1.00. The normalized spacial score (nSPS) is 14.2. The number of likely N-dealkylation sites (tertiary alicyclic amines) is 1. The minimum absolute atomic E-state index is 0.177. The number of hydrogen-bond donors (Lipinski definition) is 2. The number of rotatable bonds is 3. The van der Waals surface area contributed by atoms with Crippen LogP contribution in [0.3, 0.4) is 0 Å². The number of carbonyl (C=O) groups is 2. The number of anilines is 1. The summed E-state index contributed by atoms with van der Waals surface area (Å²) in [4.78, 5) is 27.6. The van der Waals surface area contributed by atoms with Crippen LogP contribution in [0.2, 0.25) is 0 Å². The number of nitrogens with zero attached hydrogens (tertiary/aromatic N) is 3. The third-order valence-corrected chi connectivity index (χ3v) is 6.01. The molecule has 0 atom stereocenters. The van der Waals surface area contributed by atoms with Crippen LogP contribution in [0.5, 0.6) is 0 Å². The van der Waals surface area contributed by atoms with Crippen LogP contribution in [-0.2, 0) is 0 Å². The van der Waals surface area contributed by atoms with E-state index in [0.717, 1.165) is 16.6 Å². The van der Waals surface area contributed by atoms with Gasteiger partial charge in [-0.15, -0.1) is 16.4 Å². The van der Waals surface area contributed by atoms with Crippen molar-refractivity contribution in [3.63, 3.8) is 0 Å². The monoisotopic (exact) mass is 399 g/mol. The van der Waals surface area contributed by atoms with E-state index in [2.05, 4.69) is 15.5 Å². The number of amides is 2. The fourth-order valence-electron chi connectivity index (χ4n) is 3.20. The molecule has 3 N–H and O–H groups in total. The van der Waals surface area contributed by atoms with E-state index in [-0.39, 0.29) is 17.9 Å². The van der Waals surface area contributed by atoms with Crippen LogP contribution in [0.25, 0.3) is 10.2 Å². The number of aromatic nitrogens is 2. The van der Waals surface area contributed by atoms with Crippen LogP contribution in [-0.4, -0.2) is 46.0 Å². The first-order chi connectivity index (χ1) is 13.3. The van der Waals surface area contributed by atoms with Gasteiger partial charge in [-0.25, -0.2) is 4.39 Å². The molecule has 3 aromatic rings. The Morgan fingerprint density at radius 2 is 2.04 bits per heavy atom. The Hall–Kier alpha value is -3.07. The van der Waals surface area contributed by atoms with Crippen molar-refractivity contribution in [1.82, 2.24) is 20.4 Å². The quantitative estimate of drug-likeness (QED) is 0.704. The summed E-state index contributed by atoms with van der Waals surface area (Å²) in [6.45, 7) is 4.48. The van der Waals surface area contributed by atoms with Gasteiger partial charge in [0.2, 0.25) is 0 Å². The molecule has 144 valence electrons. The van der Waals surface area contributed by atoms with E-state index in [4.69, 9.17) is 5.73 Å². The number of hydrogen-bond acceptors (Lipinski definition) is 6. The zero-order valence-electron chi connectivity index (χ0n) is 15.3. The molecule has 2 aromatic heterocycles. The van der Waals surface area contributed by atoms with E-state index in [0.29, 0.717) is 34.0 Å². The summed E-state index contributed by atoms with van der Waals surface area (Å²) < 4.78 is 13.3. The highest BCUT2D eigenvalue weighted by Gasteiger charge is 2.33. The van der Waals surface area contributed by atoms with Gasteiger partial charge < -0.3 is 16.0 Å². The number of nitrogen functional groups attached to an aromatic ring is 1. The first kappa shape index (κ1) is 18.3. The number of nitrogens with two attached hydrogens (primary N) is 1. The molecule has 1 aliphatic rings. The standard InChI is InChI=1S/C19H18FN5O2S/c1-9-10(2)23-24-18-14(9)15(21)16(28-18)17(26)22-13-7-25(8-13)19(27)11-4-3-5-12(20)6-11/h3-6,13H,7-8,21H2,1-2H3,(H,22,26). The third kappa shape index (κ3) is 3.07. The van der Waals surface area contributed by atoms with E-state index in [1.165, 1.54) is 29.5 Å². The molecule has 0 saturated carbocycles. The molecule has 9 heteroatoms. The fraction of sp³-hybridized carbons (Fsp3) is 0.263. The van der Waals surface area contributed by atoms with Crippen molar-refractivity contribution in [3.05, 3.63) is 51.8 Å². The molecule has 2 amide bonds. The maximum atomic E-state index is 13.3. The Labute approximate surface area is 164 Å². The zero-order chi connectivity index (χ0) is 20.0. The highest BCUT2D eigenvalue weighted by Crippen LogP contribution is 2.34. The summed E-state index contributed by atoms with van der Waals surface area (Å²) in [7, 11) is 0. The lowest BCUT2D eigenvalue weighted by molar-refractivity contribution is 0.0543. The van der Waals surface area contributed by atoms with Gasteiger partial charge in [0.1, 0.15) is 15.5 Å². The van der Waals surface area contributed by atoms with Crippen molar-refractivity contribution in [2.24, 2.45) is 0 Å². The fourth-order valence-corrected chi connectivity index (χ4v) is 4.20. The molecule has 1 aliphatic heterocycles. The summed E-state index contributed by atoms with van der Waals surface area (Å²) >= 11 is 1.20. The summed E-state index contributed by atoms with van der Waals surface area (Å²) in [5, 5.41) is 11.8. The van der Waals surface area contributed by atoms with E-state index < -0.39 is 5.82 Å². The van der Waals surface area contributed by atoms with E-state index in [9.17, 15) is 14.0 Å². The SMILES string of the molecule is Cc1nnc2sc(C(=O)NC3CN(C(=O)c4cccc(F)c4)C3)c(N)c2c1C. The molecule has 0 radical (unpaired) electrons. The van der Waals surface area contributed by atoms with Crippen LogP contribution < -0.4 is 11.1 Å². The predicted molar refractivity (Wildman–Crippen MR) is 105 cm³/mol. The first-order valence-corrected chi connectivity index (χ1v) is 9.54. The van der Waals surface area contributed by atoms with Crippen molar-refractivity contribution >= 4 is 39.1 Å². The van der Waals surface area contributed by atoms with Gasteiger partial charge in [-0.3, -0.25) is 9.59 Å². The minimum Gasteiger partial charge on any atom is -0.397 e. The average Bonchev–Trinajstić information content (AvgIpc) is 2.97. The minimum atomic E-state index is -0.454. The summed E-state index contributed by atoms with van der Waals surface area (Å²) in [5.41, 5.74) is 8.57. The van der Waals surface area contributed by atoms with Crippen molar-refractivity contribution in [2.75, 3.05) is 18.8 Å². The molecule has 3 heterocycles. The molecule has 0 bridgehead atoms. The van der Waals surface area contributed by atoms with Gasteiger partial charge in [-0.05, 0) is 37.6 Å². The van der Waals surface area contributed by atoms with Crippen molar-refractivity contribution in [3.8, 4) is 0 Å². The smallest absolute Gasteiger partial charge is 0.263 e. The molecule has 1 fully saturated rings. The largest absolute Gasteiger partial charge is 0.397 e.